The van der Waals surface area contributed by atoms with Crippen LogP contribution in [0.3, 0.4) is 0 Å². The first-order chi connectivity index (χ1) is 18.0. The van der Waals surface area contributed by atoms with Gasteiger partial charge < -0.3 is 20.5 Å². The van der Waals surface area contributed by atoms with Crippen molar-refractivity contribution in [1.82, 2.24) is 21.1 Å². The summed E-state index contributed by atoms with van der Waals surface area (Å²) >= 11 is 0. The number of carboxylic acid groups (broad SMARTS) is 1. The van der Waals surface area contributed by atoms with E-state index in [0.29, 0.717) is 19.4 Å². The molecule has 0 saturated heterocycles. The summed E-state index contributed by atoms with van der Waals surface area (Å²) in [5.41, 5.74) is 6.09. The van der Waals surface area contributed by atoms with E-state index >= 15 is 0 Å². The molecule has 2 aromatic carbocycles. The van der Waals surface area contributed by atoms with Crippen LogP contribution < -0.4 is 16.1 Å². The molecule has 3 rings (SSSR count). The van der Waals surface area contributed by atoms with Crippen LogP contribution in [0, 0.1) is 0 Å². The fraction of sp³-hybridized carbons (Fsp3) is 0.429. The van der Waals surface area contributed by atoms with Gasteiger partial charge >= 0.3 is 12.2 Å². The van der Waals surface area contributed by atoms with Crippen LogP contribution >= 0.6 is 0 Å². The van der Waals surface area contributed by atoms with Crippen molar-refractivity contribution in [3.63, 3.8) is 0 Å². The standard InChI is InChI=1S/C28H36N4O6/c1-18(33)30-24(25(34)31-32(27(36)37)28(2,3)4)15-9-10-16-29-26(35)38-17-23-21-13-7-5-11-19(21)20-12-6-8-14-22(20)23/h5-8,11-14,23-24H,9-10,15-17H2,1-4H3,(H,29,35)(H,30,33)(H,31,34)(H,36,37)/t24-/m0/s1. The van der Waals surface area contributed by atoms with Crippen molar-refractivity contribution < 1.29 is 29.0 Å². The molecule has 38 heavy (non-hydrogen) atoms. The minimum absolute atomic E-state index is 0.0245. The number of carbonyl (C=O) groups is 4. The third-order valence-electron chi connectivity index (χ3n) is 6.31. The summed E-state index contributed by atoms with van der Waals surface area (Å²) in [5, 5.41) is 15.5. The van der Waals surface area contributed by atoms with Crippen LogP contribution in [0.5, 0.6) is 0 Å². The number of nitrogens with zero attached hydrogens (tertiary/aromatic N) is 1. The Bertz CT molecular complexity index is 1130. The zero-order chi connectivity index (χ0) is 27.9. The molecule has 0 spiro atoms. The Hall–Kier alpha value is -4.08. The molecule has 4 amide bonds. The van der Waals surface area contributed by atoms with E-state index in [4.69, 9.17) is 4.74 Å². The predicted octanol–water partition coefficient (Wildman–Crippen LogP) is 4.01. The molecule has 1 aliphatic carbocycles. The van der Waals surface area contributed by atoms with E-state index < -0.39 is 35.6 Å². The second kappa shape index (κ2) is 12.4. The lowest BCUT2D eigenvalue weighted by atomic mass is 9.98. The minimum atomic E-state index is -1.31. The van der Waals surface area contributed by atoms with Crippen LogP contribution in [0.4, 0.5) is 9.59 Å². The van der Waals surface area contributed by atoms with E-state index in [0.717, 1.165) is 27.3 Å². The van der Waals surface area contributed by atoms with Gasteiger partial charge in [-0.2, -0.15) is 0 Å². The van der Waals surface area contributed by atoms with Crippen molar-refractivity contribution in [2.45, 2.75) is 64.5 Å². The molecule has 0 bridgehead atoms. The molecular formula is C28H36N4O6. The Kier molecular flexibility index (Phi) is 9.33. The summed E-state index contributed by atoms with van der Waals surface area (Å²) in [4.78, 5) is 48.1. The molecule has 0 saturated carbocycles. The van der Waals surface area contributed by atoms with E-state index in [1.807, 2.05) is 24.3 Å². The molecule has 4 N–H and O–H groups in total. The monoisotopic (exact) mass is 524 g/mol. The smallest absolute Gasteiger partial charge is 0.426 e. The van der Waals surface area contributed by atoms with Gasteiger partial charge in [0.1, 0.15) is 12.6 Å². The summed E-state index contributed by atoms with van der Waals surface area (Å²) < 4.78 is 5.52. The van der Waals surface area contributed by atoms with E-state index in [9.17, 15) is 24.3 Å². The fourth-order valence-corrected chi connectivity index (χ4v) is 4.52. The number of hydrogen-bond acceptors (Lipinski definition) is 5. The van der Waals surface area contributed by atoms with Gasteiger partial charge in [0, 0.05) is 19.4 Å². The third kappa shape index (κ3) is 7.24. The van der Waals surface area contributed by atoms with Crippen molar-refractivity contribution in [2.24, 2.45) is 0 Å². The Labute approximate surface area is 222 Å². The first-order valence-electron chi connectivity index (χ1n) is 12.7. The number of ether oxygens (including phenoxy) is 1. The molecule has 204 valence electrons. The maximum atomic E-state index is 12.7. The van der Waals surface area contributed by atoms with E-state index in [1.54, 1.807) is 20.8 Å². The summed E-state index contributed by atoms with van der Waals surface area (Å²) in [6, 6.07) is 15.3. The summed E-state index contributed by atoms with van der Waals surface area (Å²) in [7, 11) is 0. The Balaban J connectivity index is 1.45. The first kappa shape index (κ1) is 28.5. The van der Waals surface area contributed by atoms with Crippen molar-refractivity contribution in [3.05, 3.63) is 59.7 Å². The predicted molar refractivity (Wildman–Crippen MR) is 142 cm³/mol. The molecule has 0 unspecified atom stereocenters. The zero-order valence-corrected chi connectivity index (χ0v) is 22.2. The van der Waals surface area contributed by atoms with Crippen molar-refractivity contribution in [3.8, 4) is 11.1 Å². The van der Waals surface area contributed by atoms with E-state index in [1.165, 1.54) is 6.92 Å². The average molecular weight is 525 g/mol. The van der Waals surface area contributed by atoms with Gasteiger partial charge in [-0.25, -0.2) is 14.6 Å². The second-order valence-corrected chi connectivity index (χ2v) is 10.3. The fourth-order valence-electron chi connectivity index (χ4n) is 4.52. The van der Waals surface area contributed by atoms with Crippen LogP contribution in [0.2, 0.25) is 0 Å². The summed E-state index contributed by atoms with van der Waals surface area (Å²) in [6.45, 7) is 6.77. The van der Waals surface area contributed by atoms with Crippen molar-refractivity contribution in [1.29, 1.82) is 0 Å². The lowest BCUT2D eigenvalue weighted by molar-refractivity contribution is -0.132. The highest BCUT2D eigenvalue weighted by Crippen LogP contribution is 2.44. The topological polar surface area (TPSA) is 137 Å². The van der Waals surface area contributed by atoms with E-state index in [2.05, 4.69) is 40.3 Å². The molecule has 0 fully saturated rings. The maximum Gasteiger partial charge on any atom is 0.426 e. The Morgan fingerprint density at radius 1 is 0.974 bits per heavy atom. The normalized spacial score (nSPS) is 13.1. The number of amides is 4. The Morgan fingerprint density at radius 2 is 1.55 bits per heavy atom. The number of alkyl carbamates (subject to hydrolysis) is 1. The minimum Gasteiger partial charge on any atom is -0.464 e. The largest absolute Gasteiger partial charge is 0.464 e. The first-order valence-corrected chi connectivity index (χ1v) is 12.7. The number of unbranched alkanes of at least 4 members (excludes halogenated alkanes) is 1. The molecule has 10 nitrogen and oxygen atoms in total. The van der Waals surface area contributed by atoms with Gasteiger partial charge in [0.05, 0.1) is 5.54 Å². The number of hydrogen-bond donors (Lipinski definition) is 4. The molecule has 1 aliphatic rings. The van der Waals surface area contributed by atoms with Gasteiger partial charge in [-0.05, 0) is 62.3 Å². The van der Waals surface area contributed by atoms with Gasteiger partial charge in [-0.1, -0.05) is 48.5 Å². The number of fused-ring (bicyclic) bond motifs is 3. The van der Waals surface area contributed by atoms with Crippen molar-refractivity contribution >= 4 is 24.0 Å². The van der Waals surface area contributed by atoms with E-state index in [-0.39, 0.29) is 18.9 Å². The molecule has 10 heteroatoms. The third-order valence-corrected chi connectivity index (χ3v) is 6.31. The van der Waals surface area contributed by atoms with Crippen LogP contribution in [-0.2, 0) is 14.3 Å². The van der Waals surface area contributed by atoms with Gasteiger partial charge in [0.25, 0.3) is 5.91 Å². The summed E-state index contributed by atoms with van der Waals surface area (Å²) in [6.07, 6.45) is -0.514. The summed E-state index contributed by atoms with van der Waals surface area (Å²) in [5.74, 6) is -1.05. The molecule has 2 aromatic rings. The molecule has 1 atom stereocenters. The van der Waals surface area contributed by atoms with Crippen LogP contribution in [-0.4, -0.2) is 58.8 Å². The highest BCUT2D eigenvalue weighted by molar-refractivity contribution is 5.87. The van der Waals surface area contributed by atoms with Crippen molar-refractivity contribution in [2.75, 3.05) is 13.2 Å². The highest BCUT2D eigenvalue weighted by atomic mass is 16.5. The molecule has 0 heterocycles. The van der Waals surface area contributed by atoms with Crippen LogP contribution in [0.1, 0.15) is 64.0 Å². The van der Waals surface area contributed by atoms with Gasteiger partial charge in [0.15, 0.2) is 0 Å². The molecule has 0 radical (unpaired) electrons. The lowest BCUT2D eigenvalue weighted by Crippen LogP contribution is -2.59. The van der Waals surface area contributed by atoms with Crippen LogP contribution in [0.25, 0.3) is 11.1 Å². The number of carbonyl (C=O) groups excluding carboxylic acids is 3. The number of nitrogens with one attached hydrogen (secondary N) is 3. The maximum absolute atomic E-state index is 12.7. The number of benzene rings is 2. The van der Waals surface area contributed by atoms with Gasteiger partial charge in [-0.15, -0.1) is 0 Å². The van der Waals surface area contributed by atoms with Crippen LogP contribution in [0.15, 0.2) is 48.5 Å². The lowest BCUT2D eigenvalue weighted by Gasteiger charge is -2.34. The Morgan fingerprint density at radius 3 is 2.08 bits per heavy atom. The second-order valence-electron chi connectivity index (χ2n) is 10.3. The molecular weight excluding hydrogens is 488 g/mol. The number of hydrazine groups is 1. The number of rotatable bonds is 9. The molecule has 0 aromatic heterocycles. The zero-order valence-electron chi connectivity index (χ0n) is 22.2. The van der Waals surface area contributed by atoms with Gasteiger partial charge in [0.2, 0.25) is 5.91 Å². The molecule has 0 aliphatic heterocycles. The van der Waals surface area contributed by atoms with Gasteiger partial charge in [-0.3, -0.25) is 15.0 Å². The SMILES string of the molecule is CC(=O)N[C@@H](CCCCNC(=O)OCC1c2ccccc2-c2ccccc21)C(=O)NN(C(=O)O)C(C)(C)C. The highest BCUT2D eigenvalue weighted by Gasteiger charge is 2.31. The average Bonchev–Trinajstić information content (AvgIpc) is 3.17. The quantitative estimate of drug-likeness (QED) is 0.289.